The number of halogens is 1. The molecule has 5 nitrogen and oxygen atoms in total. The molecule has 2 rings (SSSR count). The van der Waals surface area contributed by atoms with E-state index >= 15 is 0 Å². The summed E-state index contributed by atoms with van der Waals surface area (Å²) in [6, 6.07) is 0. The Hall–Kier alpha value is -0.790. The topological polar surface area (TPSA) is 56.0 Å². The number of hydrogen-bond donors (Lipinski definition) is 0. The molecule has 0 radical (unpaired) electrons. The highest BCUT2D eigenvalue weighted by Gasteiger charge is 2.34. The SMILES string of the molecule is CCOC(=O)c1c2ssnc-2n[n+]1C.[Cl-]. The fourth-order valence-electron chi connectivity index (χ4n) is 1.14. The predicted molar refractivity (Wildman–Crippen MR) is 51.5 cm³/mol. The van der Waals surface area contributed by atoms with Crippen molar-refractivity contribution in [2.75, 3.05) is 6.61 Å². The van der Waals surface area contributed by atoms with E-state index in [4.69, 9.17) is 4.74 Å². The quantitative estimate of drug-likeness (QED) is 0.349. The lowest BCUT2D eigenvalue weighted by atomic mass is 10.3. The highest BCUT2D eigenvalue weighted by molar-refractivity contribution is 7.68. The smallest absolute Gasteiger partial charge is 0.407 e. The van der Waals surface area contributed by atoms with Crippen molar-refractivity contribution < 1.29 is 26.6 Å². The van der Waals surface area contributed by atoms with E-state index in [0.717, 1.165) is 4.88 Å². The summed E-state index contributed by atoms with van der Waals surface area (Å²) in [6.07, 6.45) is 0. The fourth-order valence-corrected chi connectivity index (χ4v) is 2.97. The summed E-state index contributed by atoms with van der Waals surface area (Å²) >= 11 is 0. The number of aryl methyl sites for hydroxylation is 1. The summed E-state index contributed by atoms with van der Waals surface area (Å²) in [5.74, 6) is 0.277. The zero-order valence-electron chi connectivity index (χ0n) is 8.06. The zero-order chi connectivity index (χ0) is 10.1. The van der Waals surface area contributed by atoms with E-state index in [1.165, 1.54) is 25.6 Å². The van der Waals surface area contributed by atoms with Gasteiger partial charge in [0.2, 0.25) is 0 Å². The lowest BCUT2D eigenvalue weighted by molar-refractivity contribution is -0.727. The normalized spacial score (nSPS) is 10.0. The Bertz CT molecular complexity index is 442. The number of aromatic nitrogens is 3. The molecule has 0 aromatic rings. The average molecular weight is 266 g/mol. The molecule has 0 amide bonds. The van der Waals surface area contributed by atoms with Crippen LogP contribution < -0.4 is 17.1 Å². The molecule has 0 aliphatic carbocycles. The van der Waals surface area contributed by atoms with Gasteiger partial charge in [0.25, 0.3) is 5.82 Å². The number of ether oxygens (including phenoxy) is 1. The molecular formula is C7H8ClN3O2S2. The van der Waals surface area contributed by atoms with Gasteiger partial charge in [0, 0.05) is 15.6 Å². The minimum Gasteiger partial charge on any atom is -1.00 e. The van der Waals surface area contributed by atoms with E-state index in [9.17, 15) is 4.79 Å². The summed E-state index contributed by atoms with van der Waals surface area (Å²) in [7, 11) is 4.47. The first-order valence-electron chi connectivity index (χ1n) is 4.03. The van der Waals surface area contributed by atoms with Crippen LogP contribution in [0.3, 0.4) is 0 Å². The lowest BCUT2D eigenvalue weighted by Crippen LogP contribution is -3.00. The number of nitrogens with zero attached hydrogens (tertiary/aromatic N) is 3. The first-order valence-corrected chi connectivity index (χ1v) is 6.13. The molecule has 0 aromatic heterocycles. The summed E-state index contributed by atoms with van der Waals surface area (Å²) in [6.45, 7) is 2.15. The van der Waals surface area contributed by atoms with E-state index in [0.29, 0.717) is 18.1 Å². The van der Waals surface area contributed by atoms with E-state index in [1.54, 1.807) is 14.0 Å². The molecule has 2 heterocycles. The van der Waals surface area contributed by atoms with Crippen molar-refractivity contribution in [2.45, 2.75) is 6.92 Å². The summed E-state index contributed by atoms with van der Waals surface area (Å²) in [4.78, 5) is 12.3. The first-order chi connectivity index (χ1) is 6.74. The molecule has 0 bridgehead atoms. The zero-order valence-corrected chi connectivity index (χ0v) is 10.4. The van der Waals surface area contributed by atoms with Crippen LogP contribution in [0, 0.1) is 0 Å². The van der Waals surface area contributed by atoms with Crippen LogP contribution in [0.15, 0.2) is 0 Å². The molecule has 2 aliphatic heterocycles. The van der Waals surface area contributed by atoms with Crippen LogP contribution in [0.2, 0.25) is 0 Å². The number of carbonyl (C=O) groups is 1. The fraction of sp³-hybridized carbons (Fsp3) is 0.429. The van der Waals surface area contributed by atoms with Crippen LogP contribution in [0.1, 0.15) is 17.4 Å². The Morgan fingerprint density at radius 1 is 1.60 bits per heavy atom. The van der Waals surface area contributed by atoms with Gasteiger partial charge in [-0.1, -0.05) is 4.68 Å². The van der Waals surface area contributed by atoms with Gasteiger partial charge in [-0.05, 0) is 17.3 Å². The van der Waals surface area contributed by atoms with Crippen LogP contribution in [-0.4, -0.2) is 22.0 Å². The van der Waals surface area contributed by atoms with Gasteiger partial charge in [0.05, 0.1) is 6.61 Å². The summed E-state index contributed by atoms with van der Waals surface area (Å²) in [5, 5.41) is 4.10. The third-order valence-corrected chi connectivity index (χ3v) is 3.51. The minimum absolute atomic E-state index is 0. The molecule has 8 heteroatoms. The third-order valence-electron chi connectivity index (χ3n) is 1.70. The number of fused-ring (bicyclic) bond motifs is 1. The van der Waals surface area contributed by atoms with Crippen molar-refractivity contribution in [3.63, 3.8) is 0 Å². The van der Waals surface area contributed by atoms with Crippen molar-refractivity contribution in [1.82, 2.24) is 9.47 Å². The molecule has 0 unspecified atom stereocenters. The minimum atomic E-state index is -0.339. The van der Waals surface area contributed by atoms with Crippen molar-refractivity contribution in [3.05, 3.63) is 5.69 Å². The van der Waals surface area contributed by atoms with Gasteiger partial charge in [-0.3, -0.25) is 0 Å². The van der Waals surface area contributed by atoms with Crippen molar-refractivity contribution in [3.8, 4) is 10.7 Å². The van der Waals surface area contributed by atoms with Crippen LogP contribution >= 0.6 is 20.9 Å². The highest BCUT2D eigenvalue weighted by Crippen LogP contribution is 2.29. The van der Waals surface area contributed by atoms with Crippen LogP contribution in [0.5, 0.6) is 0 Å². The highest BCUT2D eigenvalue weighted by atomic mass is 35.5. The number of rotatable bonds is 2. The van der Waals surface area contributed by atoms with Crippen molar-refractivity contribution in [1.29, 1.82) is 0 Å². The second-order valence-electron chi connectivity index (χ2n) is 2.59. The molecule has 0 fully saturated rings. The second kappa shape index (κ2) is 4.82. The maximum atomic E-state index is 11.5. The Balaban J connectivity index is 0.00000112. The number of carbonyl (C=O) groups excluding carboxylic acids is 1. The standard InChI is InChI=1S/C7H8N3O2S2.ClH/c1-3-12-7(11)4-5-6(8-10(4)2)9-14-13-5;/h3H2,1-2H3;1H/q+1;/p-1. The van der Waals surface area contributed by atoms with Gasteiger partial charge in [0.15, 0.2) is 11.9 Å². The van der Waals surface area contributed by atoms with Crippen LogP contribution in [0.4, 0.5) is 0 Å². The molecule has 0 N–H and O–H groups in total. The summed E-state index contributed by atoms with van der Waals surface area (Å²) < 4.78 is 10.5. The lowest BCUT2D eigenvalue weighted by Gasteiger charge is -1.94. The van der Waals surface area contributed by atoms with Crippen molar-refractivity contribution >= 4 is 26.8 Å². The van der Waals surface area contributed by atoms with Gasteiger partial charge in [-0.15, -0.1) is 0 Å². The molecule has 0 saturated carbocycles. The van der Waals surface area contributed by atoms with Crippen LogP contribution in [-0.2, 0) is 11.8 Å². The van der Waals surface area contributed by atoms with E-state index in [2.05, 4.69) is 9.47 Å². The van der Waals surface area contributed by atoms with Gasteiger partial charge in [-0.25, -0.2) is 4.79 Å². The Kier molecular flexibility index (Phi) is 3.95. The Morgan fingerprint density at radius 3 is 3.00 bits per heavy atom. The number of hydrogen-bond acceptors (Lipinski definition) is 6. The molecule has 15 heavy (non-hydrogen) atoms. The molecule has 0 aromatic carbocycles. The Labute approximate surface area is 100.0 Å². The van der Waals surface area contributed by atoms with E-state index in [-0.39, 0.29) is 18.4 Å². The molecule has 0 spiro atoms. The molecule has 0 saturated heterocycles. The van der Waals surface area contributed by atoms with Gasteiger partial charge < -0.3 is 17.1 Å². The summed E-state index contributed by atoms with van der Waals surface area (Å²) in [5.41, 5.74) is 0.487. The molecule has 82 valence electrons. The molecule has 0 atom stereocenters. The third kappa shape index (κ3) is 2.09. The molecular weight excluding hydrogens is 258 g/mol. The van der Waals surface area contributed by atoms with Gasteiger partial charge >= 0.3 is 11.7 Å². The Morgan fingerprint density at radius 2 is 2.33 bits per heavy atom. The maximum Gasteiger partial charge on any atom is 0.407 e. The largest absolute Gasteiger partial charge is 1.00 e. The van der Waals surface area contributed by atoms with Gasteiger partial charge in [0.1, 0.15) is 0 Å². The van der Waals surface area contributed by atoms with Gasteiger partial charge in [-0.2, -0.15) is 4.37 Å². The molecule has 2 aliphatic rings. The second-order valence-corrected chi connectivity index (χ2v) is 4.45. The van der Waals surface area contributed by atoms with E-state index < -0.39 is 0 Å². The van der Waals surface area contributed by atoms with Crippen LogP contribution in [0.25, 0.3) is 10.7 Å². The first kappa shape index (κ1) is 12.3. The number of esters is 1. The monoisotopic (exact) mass is 265 g/mol. The van der Waals surface area contributed by atoms with E-state index in [1.807, 2.05) is 0 Å². The van der Waals surface area contributed by atoms with Crippen molar-refractivity contribution in [2.24, 2.45) is 7.05 Å². The maximum absolute atomic E-state index is 11.5. The average Bonchev–Trinajstić information content (AvgIpc) is 2.63. The predicted octanol–water partition coefficient (Wildman–Crippen LogP) is -2.29.